The van der Waals surface area contributed by atoms with E-state index in [1.54, 1.807) is 6.07 Å². The molecule has 4 nitrogen and oxygen atoms in total. The van der Waals surface area contributed by atoms with E-state index in [4.69, 9.17) is 0 Å². The van der Waals surface area contributed by atoms with Gasteiger partial charge in [-0.3, -0.25) is 0 Å². The predicted molar refractivity (Wildman–Crippen MR) is 116 cm³/mol. The third-order valence-electron chi connectivity index (χ3n) is 5.53. The number of hydrogen-bond donors (Lipinski definition) is 2. The SMILES string of the molecule is C=CCN[C@H]1CCc2cc(-c3cc(C(C)C)ccc3S(=O)(=O)NC)ccc2C1. The molecule has 0 aromatic heterocycles. The molecule has 0 radical (unpaired) electrons. The molecule has 0 amide bonds. The molecule has 150 valence electrons. The van der Waals surface area contributed by atoms with Gasteiger partial charge < -0.3 is 5.32 Å². The lowest BCUT2D eigenvalue weighted by Crippen LogP contribution is -2.34. The third-order valence-corrected chi connectivity index (χ3v) is 7.00. The summed E-state index contributed by atoms with van der Waals surface area (Å²) in [5.41, 5.74) is 5.53. The molecule has 0 spiro atoms. The van der Waals surface area contributed by atoms with Crippen LogP contribution in [-0.4, -0.2) is 28.1 Å². The summed E-state index contributed by atoms with van der Waals surface area (Å²) >= 11 is 0. The smallest absolute Gasteiger partial charge is 0.240 e. The molecule has 2 aromatic rings. The molecule has 0 saturated carbocycles. The largest absolute Gasteiger partial charge is 0.310 e. The lowest BCUT2D eigenvalue weighted by atomic mass is 9.86. The van der Waals surface area contributed by atoms with Crippen molar-refractivity contribution in [1.29, 1.82) is 0 Å². The Balaban J connectivity index is 2.02. The van der Waals surface area contributed by atoms with Crippen molar-refractivity contribution < 1.29 is 8.42 Å². The topological polar surface area (TPSA) is 58.2 Å². The Morgan fingerprint density at radius 1 is 1.18 bits per heavy atom. The lowest BCUT2D eigenvalue weighted by molar-refractivity contribution is 0.480. The van der Waals surface area contributed by atoms with Crippen LogP contribution in [0.15, 0.2) is 53.9 Å². The summed E-state index contributed by atoms with van der Waals surface area (Å²) in [6.07, 6.45) is 4.97. The number of rotatable bonds is 7. The summed E-state index contributed by atoms with van der Waals surface area (Å²) in [5.74, 6) is 0.333. The number of benzene rings is 2. The van der Waals surface area contributed by atoms with Crippen LogP contribution in [0.4, 0.5) is 0 Å². The van der Waals surface area contributed by atoms with Crippen LogP contribution in [0.5, 0.6) is 0 Å². The van der Waals surface area contributed by atoms with Gasteiger partial charge in [0.15, 0.2) is 0 Å². The van der Waals surface area contributed by atoms with E-state index < -0.39 is 10.0 Å². The quantitative estimate of drug-likeness (QED) is 0.693. The molecule has 2 aromatic carbocycles. The Morgan fingerprint density at radius 3 is 2.64 bits per heavy atom. The number of aryl methyl sites for hydroxylation is 1. The van der Waals surface area contributed by atoms with Gasteiger partial charge >= 0.3 is 0 Å². The highest BCUT2D eigenvalue weighted by Crippen LogP contribution is 2.33. The molecule has 0 bridgehead atoms. The van der Waals surface area contributed by atoms with Crippen LogP contribution in [0.3, 0.4) is 0 Å². The van der Waals surface area contributed by atoms with E-state index in [2.05, 4.69) is 48.7 Å². The van der Waals surface area contributed by atoms with E-state index >= 15 is 0 Å². The summed E-state index contributed by atoms with van der Waals surface area (Å²) < 4.78 is 27.6. The highest BCUT2D eigenvalue weighted by molar-refractivity contribution is 7.89. The molecule has 1 aliphatic carbocycles. The van der Waals surface area contributed by atoms with Crippen molar-refractivity contribution in [2.45, 2.75) is 50.0 Å². The third kappa shape index (κ3) is 4.37. The second-order valence-corrected chi connectivity index (χ2v) is 9.59. The zero-order chi connectivity index (χ0) is 20.3. The second-order valence-electron chi connectivity index (χ2n) is 7.74. The first kappa shape index (κ1) is 20.8. The maximum Gasteiger partial charge on any atom is 0.240 e. The normalized spacial score (nSPS) is 16.8. The number of fused-ring (bicyclic) bond motifs is 1. The molecule has 2 N–H and O–H groups in total. The van der Waals surface area contributed by atoms with Crippen LogP contribution < -0.4 is 10.0 Å². The Hall–Kier alpha value is -1.95. The predicted octanol–water partition coefficient (Wildman–Crippen LogP) is 4.02. The summed E-state index contributed by atoms with van der Waals surface area (Å²) in [6, 6.07) is 12.5. The standard InChI is InChI=1S/C23H30N2O2S/c1-5-12-25-21-10-8-18-13-20(7-6-19(18)14-21)22-15-17(16(2)3)9-11-23(22)28(26,27)24-4/h5-7,9,11,13,15-16,21,24-25H,1,8,10,12,14H2,2-4H3/t21-/m0/s1. The molecule has 0 heterocycles. The van der Waals surface area contributed by atoms with Crippen molar-refractivity contribution in [3.63, 3.8) is 0 Å². The fourth-order valence-corrected chi connectivity index (χ4v) is 4.76. The minimum Gasteiger partial charge on any atom is -0.310 e. The molecule has 0 saturated heterocycles. The molecule has 0 fully saturated rings. The summed E-state index contributed by atoms with van der Waals surface area (Å²) in [4.78, 5) is 0.334. The average molecular weight is 399 g/mol. The zero-order valence-electron chi connectivity index (χ0n) is 17.0. The van der Waals surface area contributed by atoms with Gasteiger partial charge in [0.1, 0.15) is 0 Å². The van der Waals surface area contributed by atoms with Crippen molar-refractivity contribution in [3.05, 3.63) is 65.7 Å². The Kier molecular flexibility index (Phi) is 6.38. The second kappa shape index (κ2) is 8.60. The first-order chi connectivity index (χ1) is 13.4. The summed E-state index contributed by atoms with van der Waals surface area (Å²) in [7, 11) is -2.07. The number of hydrogen-bond acceptors (Lipinski definition) is 3. The highest BCUT2D eigenvalue weighted by atomic mass is 32.2. The first-order valence-electron chi connectivity index (χ1n) is 9.89. The monoisotopic (exact) mass is 398 g/mol. The van der Waals surface area contributed by atoms with Crippen molar-refractivity contribution in [3.8, 4) is 11.1 Å². The van der Waals surface area contributed by atoms with Gasteiger partial charge in [0.05, 0.1) is 4.90 Å². The summed E-state index contributed by atoms with van der Waals surface area (Å²) in [5, 5.41) is 3.51. The van der Waals surface area contributed by atoms with Crippen molar-refractivity contribution in [1.82, 2.24) is 10.0 Å². The van der Waals surface area contributed by atoms with Crippen molar-refractivity contribution >= 4 is 10.0 Å². The molecule has 3 rings (SSSR count). The molecular formula is C23H30N2O2S. The fourth-order valence-electron chi connectivity index (χ4n) is 3.82. The van der Waals surface area contributed by atoms with Crippen LogP contribution in [0.2, 0.25) is 0 Å². The fraction of sp³-hybridized carbons (Fsp3) is 0.391. The number of sulfonamides is 1. The molecule has 1 aliphatic rings. The molecule has 28 heavy (non-hydrogen) atoms. The van der Waals surface area contributed by atoms with E-state index in [0.29, 0.717) is 16.9 Å². The Labute approximate surface area is 169 Å². The highest BCUT2D eigenvalue weighted by Gasteiger charge is 2.22. The molecule has 1 atom stereocenters. The van der Waals surface area contributed by atoms with E-state index in [1.165, 1.54) is 18.2 Å². The minimum absolute atomic E-state index is 0.333. The van der Waals surface area contributed by atoms with Crippen LogP contribution in [0.25, 0.3) is 11.1 Å². The van der Waals surface area contributed by atoms with Gasteiger partial charge in [0.25, 0.3) is 0 Å². The van der Waals surface area contributed by atoms with Gasteiger partial charge in [-0.25, -0.2) is 13.1 Å². The Morgan fingerprint density at radius 2 is 1.96 bits per heavy atom. The van der Waals surface area contributed by atoms with Crippen LogP contribution >= 0.6 is 0 Å². The first-order valence-corrected chi connectivity index (χ1v) is 11.4. The van der Waals surface area contributed by atoms with Crippen LogP contribution in [0.1, 0.15) is 42.9 Å². The molecular weight excluding hydrogens is 368 g/mol. The molecule has 5 heteroatoms. The maximum absolute atomic E-state index is 12.6. The van der Waals surface area contributed by atoms with Gasteiger partial charge in [0, 0.05) is 18.2 Å². The van der Waals surface area contributed by atoms with Gasteiger partial charge in [-0.05, 0) is 66.6 Å². The molecule has 0 aliphatic heterocycles. The number of nitrogens with one attached hydrogen (secondary N) is 2. The Bertz CT molecular complexity index is 965. The van der Waals surface area contributed by atoms with Crippen LogP contribution in [-0.2, 0) is 22.9 Å². The van der Waals surface area contributed by atoms with Gasteiger partial charge in [-0.1, -0.05) is 44.2 Å². The molecule has 0 unspecified atom stereocenters. The van der Waals surface area contributed by atoms with Crippen molar-refractivity contribution in [2.75, 3.05) is 13.6 Å². The van der Waals surface area contributed by atoms with E-state index in [9.17, 15) is 8.42 Å². The maximum atomic E-state index is 12.6. The van der Waals surface area contributed by atoms with Crippen molar-refractivity contribution in [2.24, 2.45) is 0 Å². The van der Waals surface area contributed by atoms with E-state index in [0.717, 1.165) is 42.5 Å². The lowest BCUT2D eigenvalue weighted by Gasteiger charge is -2.26. The van der Waals surface area contributed by atoms with Gasteiger partial charge in [-0.15, -0.1) is 6.58 Å². The van der Waals surface area contributed by atoms with E-state index in [1.807, 2.05) is 18.2 Å². The zero-order valence-corrected chi connectivity index (χ0v) is 17.8. The van der Waals surface area contributed by atoms with Gasteiger partial charge in [-0.2, -0.15) is 0 Å². The average Bonchev–Trinajstić information content (AvgIpc) is 2.71. The van der Waals surface area contributed by atoms with Crippen LogP contribution in [0, 0.1) is 0 Å². The summed E-state index contributed by atoms with van der Waals surface area (Å²) in [6.45, 7) is 8.84. The van der Waals surface area contributed by atoms with Gasteiger partial charge in [0.2, 0.25) is 10.0 Å². The minimum atomic E-state index is -3.53. The van der Waals surface area contributed by atoms with E-state index in [-0.39, 0.29) is 0 Å².